The third-order valence-corrected chi connectivity index (χ3v) is 5.19. The molecule has 0 saturated carbocycles. The van der Waals surface area contributed by atoms with E-state index in [2.05, 4.69) is 29.0 Å². The van der Waals surface area contributed by atoms with E-state index in [0.29, 0.717) is 11.9 Å². The SMILES string of the molecule is CCCN1CCC(N(C)C(=O)C2(C)CCNCC2)CC1. The lowest BCUT2D eigenvalue weighted by atomic mass is 9.79. The Balaban J connectivity index is 1.88. The van der Waals surface area contributed by atoms with Crippen molar-refractivity contribution in [2.24, 2.45) is 5.41 Å². The van der Waals surface area contributed by atoms with Gasteiger partial charge in [0.15, 0.2) is 0 Å². The van der Waals surface area contributed by atoms with Gasteiger partial charge in [-0.2, -0.15) is 0 Å². The molecule has 0 bridgehead atoms. The van der Waals surface area contributed by atoms with Crippen molar-refractivity contribution >= 4 is 5.91 Å². The predicted octanol–water partition coefficient (Wildman–Crippen LogP) is 1.71. The molecule has 0 aromatic heterocycles. The molecular formula is C16H31N3O. The summed E-state index contributed by atoms with van der Waals surface area (Å²) < 4.78 is 0. The lowest BCUT2D eigenvalue weighted by Crippen LogP contribution is -2.52. The van der Waals surface area contributed by atoms with Gasteiger partial charge in [-0.1, -0.05) is 13.8 Å². The van der Waals surface area contributed by atoms with Crippen molar-refractivity contribution in [2.75, 3.05) is 39.8 Å². The van der Waals surface area contributed by atoms with Crippen LogP contribution in [0.25, 0.3) is 0 Å². The Bertz CT molecular complexity index is 318. The minimum atomic E-state index is -0.138. The molecule has 0 aromatic carbocycles. The molecule has 2 aliphatic heterocycles. The van der Waals surface area contributed by atoms with Crippen LogP contribution in [0, 0.1) is 5.41 Å². The van der Waals surface area contributed by atoms with E-state index in [1.54, 1.807) is 0 Å². The molecule has 4 nitrogen and oxygen atoms in total. The Hall–Kier alpha value is -0.610. The molecule has 2 heterocycles. The average molecular weight is 281 g/mol. The Labute approximate surface area is 123 Å². The highest BCUT2D eigenvalue weighted by atomic mass is 16.2. The maximum Gasteiger partial charge on any atom is 0.228 e. The molecule has 0 spiro atoms. The first-order valence-corrected chi connectivity index (χ1v) is 8.27. The first-order valence-electron chi connectivity index (χ1n) is 8.27. The van der Waals surface area contributed by atoms with Gasteiger partial charge >= 0.3 is 0 Å². The highest BCUT2D eigenvalue weighted by Gasteiger charge is 2.38. The van der Waals surface area contributed by atoms with Crippen LogP contribution in [-0.4, -0.2) is 61.5 Å². The molecule has 0 aliphatic carbocycles. The molecule has 0 radical (unpaired) electrons. The van der Waals surface area contributed by atoms with E-state index in [1.165, 1.54) is 13.0 Å². The topological polar surface area (TPSA) is 35.6 Å². The van der Waals surface area contributed by atoms with Crippen LogP contribution < -0.4 is 5.32 Å². The number of hydrogen-bond donors (Lipinski definition) is 1. The van der Waals surface area contributed by atoms with Gasteiger partial charge in [0.05, 0.1) is 0 Å². The van der Waals surface area contributed by atoms with Gasteiger partial charge in [-0.15, -0.1) is 0 Å². The molecule has 2 fully saturated rings. The fraction of sp³-hybridized carbons (Fsp3) is 0.938. The number of amides is 1. The van der Waals surface area contributed by atoms with Gasteiger partial charge in [-0.05, 0) is 51.7 Å². The number of carbonyl (C=O) groups is 1. The summed E-state index contributed by atoms with van der Waals surface area (Å²) in [5, 5.41) is 3.36. The zero-order chi connectivity index (χ0) is 14.6. The van der Waals surface area contributed by atoms with Crippen LogP contribution in [0.1, 0.15) is 46.0 Å². The number of hydrogen-bond acceptors (Lipinski definition) is 3. The summed E-state index contributed by atoms with van der Waals surface area (Å²) in [6, 6.07) is 0.447. The smallest absolute Gasteiger partial charge is 0.228 e. The second-order valence-corrected chi connectivity index (χ2v) is 6.80. The van der Waals surface area contributed by atoms with E-state index in [0.717, 1.165) is 51.9 Å². The number of nitrogens with zero attached hydrogens (tertiary/aromatic N) is 2. The Morgan fingerprint density at radius 1 is 1.30 bits per heavy atom. The van der Waals surface area contributed by atoms with Crippen LogP contribution in [0.3, 0.4) is 0 Å². The minimum absolute atomic E-state index is 0.138. The third kappa shape index (κ3) is 3.53. The quantitative estimate of drug-likeness (QED) is 0.852. The minimum Gasteiger partial charge on any atom is -0.342 e. The molecule has 2 aliphatic rings. The molecule has 1 N–H and O–H groups in total. The molecule has 0 unspecified atom stereocenters. The summed E-state index contributed by atoms with van der Waals surface area (Å²) in [4.78, 5) is 17.4. The van der Waals surface area contributed by atoms with Crippen LogP contribution >= 0.6 is 0 Å². The molecule has 20 heavy (non-hydrogen) atoms. The first kappa shape index (κ1) is 15.8. The van der Waals surface area contributed by atoms with Crippen LogP contribution in [0.15, 0.2) is 0 Å². The summed E-state index contributed by atoms with van der Waals surface area (Å²) in [7, 11) is 2.02. The van der Waals surface area contributed by atoms with Crippen molar-refractivity contribution in [1.82, 2.24) is 15.1 Å². The van der Waals surface area contributed by atoms with Crippen molar-refractivity contribution in [1.29, 1.82) is 0 Å². The van der Waals surface area contributed by atoms with E-state index in [1.807, 2.05) is 7.05 Å². The summed E-state index contributed by atoms with van der Waals surface area (Å²) in [6.07, 6.45) is 5.45. The van der Waals surface area contributed by atoms with Gasteiger partial charge in [0.25, 0.3) is 0 Å². The Morgan fingerprint density at radius 2 is 1.90 bits per heavy atom. The summed E-state index contributed by atoms with van der Waals surface area (Å²) in [5.41, 5.74) is -0.138. The maximum absolute atomic E-state index is 12.8. The summed E-state index contributed by atoms with van der Waals surface area (Å²) in [6.45, 7) is 9.84. The lowest BCUT2D eigenvalue weighted by molar-refractivity contribution is -0.144. The molecular weight excluding hydrogens is 250 g/mol. The van der Waals surface area contributed by atoms with Gasteiger partial charge in [0.1, 0.15) is 0 Å². The second kappa shape index (κ2) is 6.90. The van der Waals surface area contributed by atoms with Crippen LogP contribution in [0.5, 0.6) is 0 Å². The lowest BCUT2D eigenvalue weighted by Gasteiger charge is -2.42. The van der Waals surface area contributed by atoms with Gasteiger partial charge in [-0.25, -0.2) is 0 Å². The van der Waals surface area contributed by atoms with Crippen molar-refractivity contribution in [3.63, 3.8) is 0 Å². The summed E-state index contributed by atoms with van der Waals surface area (Å²) in [5.74, 6) is 0.368. The summed E-state index contributed by atoms with van der Waals surface area (Å²) >= 11 is 0. The van der Waals surface area contributed by atoms with Gasteiger partial charge < -0.3 is 15.1 Å². The van der Waals surface area contributed by atoms with Crippen molar-refractivity contribution in [2.45, 2.75) is 52.0 Å². The molecule has 2 rings (SSSR count). The molecule has 0 atom stereocenters. The maximum atomic E-state index is 12.8. The zero-order valence-corrected chi connectivity index (χ0v) is 13.5. The van der Waals surface area contributed by atoms with Crippen molar-refractivity contribution in [3.05, 3.63) is 0 Å². The van der Waals surface area contributed by atoms with Crippen molar-refractivity contribution < 1.29 is 4.79 Å². The van der Waals surface area contributed by atoms with Gasteiger partial charge in [0, 0.05) is 31.6 Å². The predicted molar refractivity (Wildman–Crippen MR) is 82.7 cm³/mol. The number of rotatable bonds is 4. The molecule has 0 aromatic rings. The van der Waals surface area contributed by atoms with E-state index >= 15 is 0 Å². The molecule has 4 heteroatoms. The highest BCUT2D eigenvalue weighted by molar-refractivity contribution is 5.82. The van der Waals surface area contributed by atoms with Gasteiger partial charge in [-0.3, -0.25) is 4.79 Å². The van der Waals surface area contributed by atoms with E-state index in [-0.39, 0.29) is 5.41 Å². The second-order valence-electron chi connectivity index (χ2n) is 6.80. The molecule has 2 saturated heterocycles. The number of carbonyl (C=O) groups excluding carboxylic acids is 1. The third-order valence-electron chi connectivity index (χ3n) is 5.19. The van der Waals surface area contributed by atoms with E-state index in [9.17, 15) is 4.79 Å². The standard InChI is InChI=1S/C16H31N3O/c1-4-11-19-12-5-14(6-13-19)18(3)15(20)16(2)7-9-17-10-8-16/h14,17H,4-13H2,1-3H3. The van der Waals surface area contributed by atoms with Gasteiger partial charge in [0.2, 0.25) is 5.91 Å². The van der Waals surface area contributed by atoms with E-state index < -0.39 is 0 Å². The zero-order valence-electron chi connectivity index (χ0n) is 13.5. The monoisotopic (exact) mass is 281 g/mol. The van der Waals surface area contributed by atoms with Crippen LogP contribution in [0.2, 0.25) is 0 Å². The number of likely N-dealkylation sites (tertiary alicyclic amines) is 1. The average Bonchev–Trinajstić information content (AvgIpc) is 2.48. The highest BCUT2D eigenvalue weighted by Crippen LogP contribution is 2.31. The number of piperidine rings is 2. The van der Waals surface area contributed by atoms with Crippen molar-refractivity contribution in [3.8, 4) is 0 Å². The Morgan fingerprint density at radius 3 is 2.45 bits per heavy atom. The first-order chi connectivity index (χ1) is 9.57. The van der Waals surface area contributed by atoms with Crippen LogP contribution in [0.4, 0.5) is 0 Å². The fourth-order valence-corrected chi connectivity index (χ4v) is 3.63. The molecule has 116 valence electrons. The normalized spacial score (nSPS) is 24.6. The van der Waals surface area contributed by atoms with E-state index in [4.69, 9.17) is 0 Å². The Kier molecular flexibility index (Phi) is 5.44. The largest absolute Gasteiger partial charge is 0.342 e. The fourth-order valence-electron chi connectivity index (χ4n) is 3.63. The van der Waals surface area contributed by atoms with Crippen LogP contribution in [-0.2, 0) is 4.79 Å². The molecule has 1 amide bonds. The number of nitrogens with one attached hydrogen (secondary N) is 1.